The number of esters is 2. The van der Waals surface area contributed by atoms with Crippen molar-refractivity contribution in [3.05, 3.63) is 35.4 Å². The Morgan fingerprint density at radius 3 is 1.77 bits per heavy atom. The minimum Gasteiger partial charge on any atom is -0.459 e. The first kappa shape index (κ1) is 35.9. The van der Waals surface area contributed by atoms with Crippen LogP contribution in [0.1, 0.15) is 108 Å². The summed E-state index contributed by atoms with van der Waals surface area (Å²) < 4.78 is 10.5. The molecule has 11 nitrogen and oxygen atoms in total. The number of amides is 4. The average molecular weight is 605 g/mol. The number of nitrogens with zero attached hydrogens (tertiary/aromatic N) is 2. The molecule has 1 saturated heterocycles. The second-order valence-corrected chi connectivity index (χ2v) is 12.6. The largest absolute Gasteiger partial charge is 0.459 e. The predicted octanol–water partition coefficient (Wildman–Crippen LogP) is 4.33. The molecule has 2 rings (SSSR count). The number of imide groups is 2. The molecular weight excluding hydrogens is 556 g/mol. The molecule has 1 aliphatic rings. The summed E-state index contributed by atoms with van der Waals surface area (Å²) in [6.45, 7) is 13.4. The third kappa shape index (κ3) is 8.20. The number of ether oxygens (including phenoxy) is 2. The van der Waals surface area contributed by atoms with E-state index in [0.29, 0.717) is 6.42 Å². The van der Waals surface area contributed by atoms with Gasteiger partial charge in [-0.05, 0) is 63.6 Å². The fraction of sp³-hybridized carbons (Fsp3) is 0.656. The van der Waals surface area contributed by atoms with Crippen LogP contribution >= 0.6 is 0 Å². The Hall–Kier alpha value is -3.31. The monoisotopic (exact) mass is 604 g/mol. The minimum atomic E-state index is -1.44. The second-order valence-electron chi connectivity index (χ2n) is 12.6. The molecule has 43 heavy (non-hydrogen) atoms. The molecule has 1 aliphatic heterocycles. The van der Waals surface area contributed by atoms with E-state index in [2.05, 4.69) is 6.92 Å². The molecule has 1 aromatic carbocycles. The number of aliphatic hydroxyl groups is 2. The Labute approximate surface area is 254 Å². The number of carbonyl (C=O) groups is 5. The zero-order valence-corrected chi connectivity index (χ0v) is 26.8. The molecule has 0 aromatic heterocycles. The highest BCUT2D eigenvalue weighted by atomic mass is 16.5. The Morgan fingerprint density at radius 1 is 0.837 bits per heavy atom. The summed E-state index contributed by atoms with van der Waals surface area (Å²) in [7, 11) is 0. The lowest BCUT2D eigenvalue weighted by Crippen LogP contribution is -2.69. The van der Waals surface area contributed by atoms with Gasteiger partial charge in [0.2, 0.25) is 11.8 Å². The maximum atomic E-state index is 13.4. The van der Waals surface area contributed by atoms with Gasteiger partial charge in [0, 0.05) is 5.54 Å². The molecule has 2 atom stereocenters. The van der Waals surface area contributed by atoms with E-state index in [4.69, 9.17) is 9.47 Å². The van der Waals surface area contributed by atoms with Gasteiger partial charge in [-0.25, -0.2) is 14.4 Å². The van der Waals surface area contributed by atoms with Crippen LogP contribution in [0, 0.1) is 10.8 Å². The van der Waals surface area contributed by atoms with Crippen molar-refractivity contribution in [1.82, 2.24) is 9.80 Å². The zero-order valence-electron chi connectivity index (χ0n) is 26.8. The number of barbiturate groups is 1. The van der Waals surface area contributed by atoms with Crippen molar-refractivity contribution in [1.29, 1.82) is 0 Å². The van der Waals surface area contributed by atoms with Crippen LogP contribution in [0.4, 0.5) is 4.79 Å². The van der Waals surface area contributed by atoms with E-state index in [1.807, 2.05) is 13.8 Å². The molecule has 0 spiro atoms. The summed E-state index contributed by atoms with van der Waals surface area (Å²) in [5, 5.41) is 21.0. The number of benzene rings is 1. The van der Waals surface area contributed by atoms with Crippen LogP contribution in [0.25, 0.3) is 0 Å². The molecule has 240 valence electrons. The van der Waals surface area contributed by atoms with Crippen molar-refractivity contribution in [3.8, 4) is 0 Å². The number of β-amino-alcohol motifs (C(OH)–C–C–N with tert-alkyl or cyclic N) is 1. The molecule has 0 aliphatic carbocycles. The van der Waals surface area contributed by atoms with Crippen molar-refractivity contribution in [3.63, 3.8) is 0 Å². The maximum Gasteiger partial charge on any atom is 0.338 e. The van der Waals surface area contributed by atoms with Gasteiger partial charge < -0.3 is 19.7 Å². The van der Waals surface area contributed by atoms with Crippen molar-refractivity contribution >= 4 is 29.8 Å². The summed E-state index contributed by atoms with van der Waals surface area (Å²) in [6.07, 6.45) is 0.352. The lowest BCUT2D eigenvalue weighted by molar-refractivity contribution is -0.163. The van der Waals surface area contributed by atoms with E-state index in [1.54, 1.807) is 34.6 Å². The highest BCUT2D eigenvalue weighted by molar-refractivity contribution is 6.19. The Kier molecular flexibility index (Phi) is 12.1. The first-order valence-corrected chi connectivity index (χ1v) is 15.0. The van der Waals surface area contributed by atoms with Crippen LogP contribution in [0.15, 0.2) is 24.3 Å². The van der Waals surface area contributed by atoms with E-state index in [9.17, 15) is 34.2 Å². The Bertz CT molecular complexity index is 1180. The van der Waals surface area contributed by atoms with Crippen LogP contribution in [0.3, 0.4) is 0 Å². The van der Waals surface area contributed by atoms with Gasteiger partial charge in [-0.3, -0.25) is 19.4 Å². The molecule has 0 saturated carbocycles. The van der Waals surface area contributed by atoms with Gasteiger partial charge in [0.1, 0.15) is 24.7 Å². The molecule has 4 amide bonds. The highest BCUT2D eigenvalue weighted by Gasteiger charge is 2.57. The summed E-state index contributed by atoms with van der Waals surface area (Å²) >= 11 is 0. The average Bonchev–Trinajstić information content (AvgIpc) is 2.96. The fourth-order valence-electron chi connectivity index (χ4n) is 5.18. The molecule has 1 fully saturated rings. The van der Waals surface area contributed by atoms with Gasteiger partial charge >= 0.3 is 18.0 Å². The summed E-state index contributed by atoms with van der Waals surface area (Å²) in [6, 6.07) is 4.81. The quantitative estimate of drug-likeness (QED) is 0.233. The highest BCUT2D eigenvalue weighted by Crippen LogP contribution is 2.39. The maximum absolute atomic E-state index is 13.4. The topological polar surface area (TPSA) is 151 Å². The lowest BCUT2D eigenvalue weighted by atomic mass is 9.77. The third-order valence-corrected chi connectivity index (χ3v) is 8.54. The van der Waals surface area contributed by atoms with Crippen molar-refractivity contribution in [2.24, 2.45) is 10.8 Å². The lowest BCUT2D eigenvalue weighted by Gasteiger charge is -2.48. The normalized spacial score (nSPS) is 17.1. The molecular formula is C32H48N2O9. The molecule has 11 heteroatoms. The molecule has 2 unspecified atom stereocenters. The summed E-state index contributed by atoms with van der Waals surface area (Å²) in [5.41, 5.74) is -2.29. The molecule has 1 aromatic rings. The summed E-state index contributed by atoms with van der Waals surface area (Å²) in [5.74, 6) is -2.80. The predicted molar refractivity (Wildman–Crippen MR) is 159 cm³/mol. The fourth-order valence-corrected chi connectivity index (χ4v) is 5.18. The third-order valence-electron chi connectivity index (χ3n) is 8.54. The van der Waals surface area contributed by atoms with Crippen LogP contribution in [0.5, 0.6) is 0 Å². The molecule has 0 radical (unpaired) electrons. The van der Waals surface area contributed by atoms with Crippen molar-refractivity contribution < 1.29 is 43.7 Å². The van der Waals surface area contributed by atoms with Crippen molar-refractivity contribution in [2.75, 3.05) is 19.8 Å². The minimum absolute atomic E-state index is 0.0253. The van der Waals surface area contributed by atoms with Gasteiger partial charge in [-0.1, -0.05) is 53.5 Å². The van der Waals surface area contributed by atoms with Gasteiger partial charge in [-0.2, -0.15) is 0 Å². The SMILES string of the molecule is CCC(C)(CC)CC(O)COC(=O)c1cccc(C(=O)OCC(O)CN2C(=O)N(C(C)(C)C)C(=O)C(CC)(CC)C2=O)c1. The number of hydrogen-bond acceptors (Lipinski definition) is 9. The van der Waals surface area contributed by atoms with E-state index >= 15 is 0 Å². The standard InChI is InChI=1S/C32H48N2O9/c1-9-31(8,10-2)17-23(35)19-42-25(37)21-14-13-15-22(16-21)26(38)43-20-24(36)18-33-27(39)32(11-3,12-4)28(40)34(29(33)41)30(5,6)7/h13-16,23-24,35-36H,9-12,17-20H2,1-8H3. The Balaban J connectivity index is 2.05. The van der Waals surface area contributed by atoms with E-state index < -0.39 is 66.1 Å². The number of carbonyl (C=O) groups excluding carboxylic acids is 5. The van der Waals surface area contributed by atoms with Crippen LogP contribution in [-0.2, 0) is 19.1 Å². The molecule has 2 N–H and O–H groups in total. The van der Waals surface area contributed by atoms with Crippen molar-refractivity contribution in [2.45, 2.75) is 105 Å². The van der Waals surface area contributed by atoms with Gasteiger partial charge in [0.25, 0.3) is 0 Å². The van der Waals surface area contributed by atoms with E-state index in [1.165, 1.54) is 24.3 Å². The van der Waals surface area contributed by atoms with E-state index in [0.717, 1.165) is 22.6 Å². The molecule has 0 bridgehead atoms. The number of urea groups is 1. The zero-order chi connectivity index (χ0) is 32.8. The Morgan fingerprint density at radius 2 is 1.33 bits per heavy atom. The van der Waals surface area contributed by atoms with Gasteiger partial charge in [0.05, 0.1) is 23.8 Å². The van der Waals surface area contributed by atoms with Gasteiger partial charge in [-0.15, -0.1) is 0 Å². The molecule has 1 heterocycles. The van der Waals surface area contributed by atoms with Crippen LogP contribution in [0.2, 0.25) is 0 Å². The van der Waals surface area contributed by atoms with E-state index in [-0.39, 0.29) is 36.0 Å². The number of aliphatic hydroxyl groups excluding tert-OH is 2. The van der Waals surface area contributed by atoms with Crippen LogP contribution in [-0.4, -0.2) is 87.3 Å². The van der Waals surface area contributed by atoms with Gasteiger partial charge in [0.15, 0.2) is 0 Å². The first-order chi connectivity index (χ1) is 20.0. The smallest absolute Gasteiger partial charge is 0.338 e. The first-order valence-electron chi connectivity index (χ1n) is 15.0. The number of rotatable bonds is 14. The van der Waals surface area contributed by atoms with Crippen LogP contribution < -0.4 is 0 Å². The summed E-state index contributed by atoms with van der Waals surface area (Å²) in [4.78, 5) is 67.1. The second kappa shape index (κ2) is 14.4. The number of hydrogen-bond donors (Lipinski definition) is 2.